The lowest BCUT2D eigenvalue weighted by Crippen LogP contribution is -2.42. The van der Waals surface area contributed by atoms with Crippen molar-refractivity contribution in [2.24, 2.45) is 4.99 Å². The number of benzene rings is 1. The summed E-state index contributed by atoms with van der Waals surface area (Å²) in [4.78, 5) is 14.5. The molecule has 2 saturated heterocycles. The zero-order valence-electron chi connectivity index (χ0n) is 16.5. The minimum absolute atomic E-state index is 0. The standard InChI is InChI=1S/C21H29N5O.HI/c1-2-22-21(26-13-10-19(15-26)25-11-6-7-12-25)23-14-18-16-27-20(24-18)17-8-4-3-5-9-17;/h3-5,8-9,16,19H,2,6-7,10-15H2,1H3,(H,22,23);1H. The van der Waals surface area contributed by atoms with Crippen LogP contribution in [-0.4, -0.2) is 59.5 Å². The molecule has 0 aliphatic carbocycles. The van der Waals surface area contributed by atoms with Gasteiger partial charge in [0.05, 0.1) is 6.54 Å². The fraction of sp³-hybridized carbons (Fsp3) is 0.524. The molecule has 2 aliphatic rings. The van der Waals surface area contributed by atoms with E-state index >= 15 is 0 Å². The molecule has 2 fully saturated rings. The van der Waals surface area contributed by atoms with E-state index in [1.165, 1.54) is 32.4 Å². The largest absolute Gasteiger partial charge is 0.444 e. The summed E-state index contributed by atoms with van der Waals surface area (Å²) in [6.45, 7) is 8.18. The maximum Gasteiger partial charge on any atom is 0.226 e. The van der Waals surface area contributed by atoms with Crippen LogP contribution in [0.5, 0.6) is 0 Å². The SMILES string of the molecule is CCNC(=NCc1coc(-c2ccccc2)n1)N1CCC(N2CCCC2)C1.I. The molecule has 3 heterocycles. The molecule has 6 nitrogen and oxygen atoms in total. The van der Waals surface area contributed by atoms with Crippen molar-refractivity contribution >= 4 is 29.9 Å². The Morgan fingerprint density at radius 1 is 1.21 bits per heavy atom. The lowest BCUT2D eigenvalue weighted by atomic mass is 10.2. The van der Waals surface area contributed by atoms with Crippen molar-refractivity contribution in [1.82, 2.24) is 20.1 Å². The third-order valence-electron chi connectivity index (χ3n) is 5.42. The average Bonchev–Trinajstić information content (AvgIpc) is 3.47. The summed E-state index contributed by atoms with van der Waals surface area (Å²) in [5.41, 5.74) is 1.85. The van der Waals surface area contributed by atoms with E-state index in [0.717, 1.165) is 36.9 Å². The Morgan fingerprint density at radius 3 is 2.75 bits per heavy atom. The van der Waals surface area contributed by atoms with E-state index in [2.05, 4.69) is 27.0 Å². The van der Waals surface area contributed by atoms with Gasteiger partial charge in [-0.15, -0.1) is 24.0 Å². The van der Waals surface area contributed by atoms with Gasteiger partial charge in [-0.2, -0.15) is 0 Å². The first-order valence-electron chi connectivity index (χ1n) is 10.1. The highest BCUT2D eigenvalue weighted by Crippen LogP contribution is 2.21. The normalized spacial score (nSPS) is 20.4. The van der Waals surface area contributed by atoms with E-state index in [0.29, 0.717) is 18.5 Å². The van der Waals surface area contributed by atoms with Crippen molar-refractivity contribution in [2.45, 2.75) is 38.8 Å². The summed E-state index contributed by atoms with van der Waals surface area (Å²) in [5.74, 6) is 1.64. The maximum atomic E-state index is 5.63. The Labute approximate surface area is 184 Å². The molecule has 0 bridgehead atoms. The first kappa shape index (κ1) is 21.1. The van der Waals surface area contributed by atoms with Crippen molar-refractivity contribution in [3.8, 4) is 11.5 Å². The van der Waals surface area contributed by atoms with Crippen molar-refractivity contribution < 1.29 is 4.42 Å². The highest BCUT2D eigenvalue weighted by atomic mass is 127. The van der Waals surface area contributed by atoms with E-state index in [9.17, 15) is 0 Å². The quantitative estimate of drug-likeness (QED) is 0.391. The summed E-state index contributed by atoms with van der Waals surface area (Å²) in [6, 6.07) is 10.7. The molecular weight excluding hydrogens is 465 g/mol. The number of aliphatic imine (C=N–C) groups is 1. The number of nitrogens with zero attached hydrogens (tertiary/aromatic N) is 4. The van der Waals surface area contributed by atoms with E-state index < -0.39 is 0 Å². The Bertz CT molecular complexity index is 757. The summed E-state index contributed by atoms with van der Waals surface area (Å²) >= 11 is 0. The molecule has 152 valence electrons. The molecule has 1 aromatic carbocycles. The van der Waals surface area contributed by atoms with Crippen molar-refractivity contribution in [1.29, 1.82) is 0 Å². The van der Waals surface area contributed by atoms with Gasteiger partial charge in [-0.05, 0) is 51.4 Å². The van der Waals surface area contributed by atoms with Crippen LogP contribution in [0.25, 0.3) is 11.5 Å². The zero-order chi connectivity index (χ0) is 18.5. The van der Waals surface area contributed by atoms with Crippen LogP contribution < -0.4 is 5.32 Å². The van der Waals surface area contributed by atoms with Gasteiger partial charge in [0.1, 0.15) is 12.0 Å². The van der Waals surface area contributed by atoms with Gasteiger partial charge >= 0.3 is 0 Å². The summed E-state index contributed by atoms with van der Waals surface area (Å²) in [7, 11) is 0. The average molecular weight is 495 g/mol. The number of halogens is 1. The molecule has 0 radical (unpaired) electrons. The predicted molar refractivity (Wildman–Crippen MR) is 123 cm³/mol. The van der Waals surface area contributed by atoms with E-state index in [1.54, 1.807) is 6.26 Å². The van der Waals surface area contributed by atoms with Crippen LogP contribution in [0, 0.1) is 0 Å². The summed E-state index contributed by atoms with van der Waals surface area (Å²) in [6.07, 6.45) is 5.64. The van der Waals surface area contributed by atoms with Gasteiger partial charge in [0.15, 0.2) is 5.96 Å². The van der Waals surface area contributed by atoms with Crippen LogP contribution in [0.3, 0.4) is 0 Å². The third kappa shape index (κ3) is 5.05. The molecule has 7 heteroatoms. The van der Waals surface area contributed by atoms with Gasteiger partial charge < -0.3 is 14.6 Å². The van der Waals surface area contributed by atoms with E-state index in [1.807, 2.05) is 30.3 Å². The van der Waals surface area contributed by atoms with Crippen molar-refractivity contribution in [3.05, 3.63) is 42.3 Å². The lowest BCUT2D eigenvalue weighted by Gasteiger charge is -2.25. The van der Waals surface area contributed by atoms with Crippen LogP contribution in [0.4, 0.5) is 0 Å². The fourth-order valence-electron chi connectivity index (χ4n) is 4.01. The number of likely N-dealkylation sites (tertiary alicyclic amines) is 2. The van der Waals surface area contributed by atoms with Gasteiger partial charge in [-0.1, -0.05) is 18.2 Å². The number of rotatable bonds is 5. The molecule has 1 N–H and O–H groups in total. The lowest BCUT2D eigenvalue weighted by molar-refractivity contribution is 0.249. The molecule has 4 rings (SSSR count). The Balaban J connectivity index is 0.00000225. The molecule has 28 heavy (non-hydrogen) atoms. The number of oxazole rings is 1. The highest BCUT2D eigenvalue weighted by molar-refractivity contribution is 14.0. The van der Waals surface area contributed by atoms with Crippen LogP contribution >= 0.6 is 24.0 Å². The molecule has 0 saturated carbocycles. The van der Waals surface area contributed by atoms with Gasteiger partial charge in [0.25, 0.3) is 0 Å². The molecule has 1 unspecified atom stereocenters. The highest BCUT2D eigenvalue weighted by Gasteiger charge is 2.30. The van der Waals surface area contributed by atoms with Crippen molar-refractivity contribution in [2.75, 3.05) is 32.7 Å². The minimum atomic E-state index is 0. The second kappa shape index (κ2) is 10.2. The van der Waals surface area contributed by atoms with E-state index in [4.69, 9.17) is 9.41 Å². The number of hydrogen-bond donors (Lipinski definition) is 1. The zero-order valence-corrected chi connectivity index (χ0v) is 18.8. The topological polar surface area (TPSA) is 56.9 Å². The fourth-order valence-corrected chi connectivity index (χ4v) is 4.01. The smallest absolute Gasteiger partial charge is 0.226 e. The molecule has 1 atom stereocenters. The second-order valence-electron chi connectivity index (χ2n) is 7.31. The molecule has 1 aromatic heterocycles. The number of guanidine groups is 1. The van der Waals surface area contributed by atoms with Crippen LogP contribution in [-0.2, 0) is 6.54 Å². The molecule has 0 amide bonds. The summed E-state index contributed by atoms with van der Waals surface area (Å²) < 4.78 is 5.63. The van der Waals surface area contributed by atoms with Crippen LogP contribution in [0.1, 0.15) is 31.9 Å². The second-order valence-corrected chi connectivity index (χ2v) is 7.31. The summed E-state index contributed by atoms with van der Waals surface area (Å²) in [5, 5.41) is 3.44. The number of hydrogen-bond acceptors (Lipinski definition) is 4. The van der Waals surface area contributed by atoms with Gasteiger partial charge in [-0.3, -0.25) is 4.90 Å². The Hall–Kier alpha value is -1.61. The van der Waals surface area contributed by atoms with Crippen LogP contribution in [0.2, 0.25) is 0 Å². The minimum Gasteiger partial charge on any atom is -0.444 e. The Kier molecular flexibility index (Phi) is 7.73. The van der Waals surface area contributed by atoms with Gasteiger partial charge in [0, 0.05) is 31.2 Å². The number of aromatic nitrogens is 1. The van der Waals surface area contributed by atoms with Gasteiger partial charge in [0.2, 0.25) is 5.89 Å². The first-order valence-corrected chi connectivity index (χ1v) is 10.1. The molecule has 0 spiro atoms. The predicted octanol–water partition coefficient (Wildman–Crippen LogP) is 3.60. The Morgan fingerprint density at radius 2 is 2.00 bits per heavy atom. The third-order valence-corrected chi connectivity index (χ3v) is 5.42. The van der Waals surface area contributed by atoms with Gasteiger partial charge in [-0.25, -0.2) is 9.98 Å². The molecule has 2 aliphatic heterocycles. The molecular formula is C21H30IN5O. The molecule has 2 aromatic rings. The van der Waals surface area contributed by atoms with Crippen LogP contribution in [0.15, 0.2) is 46.0 Å². The van der Waals surface area contributed by atoms with E-state index in [-0.39, 0.29) is 24.0 Å². The number of nitrogens with one attached hydrogen (secondary N) is 1. The maximum absolute atomic E-state index is 5.63. The monoisotopic (exact) mass is 495 g/mol. The van der Waals surface area contributed by atoms with Crippen molar-refractivity contribution in [3.63, 3.8) is 0 Å². The first-order chi connectivity index (χ1) is 13.3.